The number of halogens is 1. The summed E-state index contributed by atoms with van der Waals surface area (Å²) in [6.45, 7) is 0.336. The van der Waals surface area contributed by atoms with Gasteiger partial charge in [-0.15, -0.1) is 0 Å². The first-order valence-corrected chi connectivity index (χ1v) is 9.48. The van der Waals surface area contributed by atoms with Gasteiger partial charge in [0.05, 0.1) is 10.6 Å². The molecule has 1 amide bonds. The molecule has 6 nitrogen and oxygen atoms in total. The van der Waals surface area contributed by atoms with Crippen LogP contribution in [0.3, 0.4) is 0 Å². The highest BCUT2D eigenvalue weighted by Gasteiger charge is 2.15. The Kier molecular flexibility index (Phi) is 5.46. The maximum absolute atomic E-state index is 13.2. The molecule has 0 atom stereocenters. The number of rotatable bonds is 6. The molecule has 8 heteroatoms. The minimum Gasteiger partial charge on any atom is -0.348 e. The summed E-state index contributed by atoms with van der Waals surface area (Å²) >= 11 is 0. The lowest BCUT2D eigenvalue weighted by molar-refractivity contribution is 0.0951. The Morgan fingerprint density at radius 2 is 1.70 bits per heavy atom. The molecule has 1 heterocycles. The molecule has 3 rings (SSSR count). The van der Waals surface area contributed by atoms with Crippen molar-refractivity contribution in [1.29, 1.82) is 0 Å². The van der Waals surface area contributed by atoms with E-state index in [2.05, 4.69) is 15.0 Å². The number of amides is 1. The average Bonchev–Trinajstić information content (AvgIpc) is 2.67. The van der Waals surface area contributed by atoms with Gasteiger partial charge in [0.25, 0.3) is 15.9 Å². The first-order chi connectivity index (χ1) is 12.9. The summed E-state index contributed by atoms with van der Waals surface area (Å²) in [5, 5.41) is 2.75. The van der Waals surface area contributed by atoms with Crippen LogP contribution in [-0.4, -0.2) is 19.3 Å². The van der Waals surface area contributed by atoms with Crippen LogP contribution in [0.2, 0.25) is 0 Å². The number of nitrogens with one attached hydrogen (secondary N) is 2. The molecule has 2 aromatic carbocycles. The summed E-state index contributed by atoms with van der Waals surface area (Å²) in [6.07, 6.45) is 3.26. The van der Waals surface area contributed by atoms with Crippen molar-refractivity contribution < 1.29 is 17.6 Å². The van der Waals surface area contributed by atoms with Crippen molar-refractivity contribution in [2.75, 3.05) is 4.72 Å². The van der Waals surface area contributed by atoms with Gasteiger partial charge < -0.3 is 5.32 Å². The van der Waals surface area contributed by atoms with Gasteiger partial charge in [-0.3, -0.25) is 14.5 Å². The van der Waals surface area contributed by atoms with E-state index >= 15 is 0 Å². The summed E-state index contributed by atoms with van der Waals surface area (Å²) < 4.78 is 40.2. The van der Waals surface area contributed by atoms with Gasteiger partial charge in [-0.25, -0.2) is 12.8 Å². The van der Waals surface area contributed by atoms with Crippen LogP contribution in [0.5, 0.6) is 0 Å². The molecular weight excluding hydrogens is 369 g/mol. The molecule has 138 valence electrons. The molecule has 0 aliphatic carbocycles. The van der Waals surface area contributed by atoms with Gasteiger partial charge in [0, 0.05) is 24.5 Å². The predicted octanol–water partition coefficient (Wildman–Crippen LogP) is 2.95. The van der Waals surface area contributed by atoms with Crippen molar-refractivity contribution in [3.63, 3.8) is 0 Å². The monoisotopic (exact) mass is 385 g/mol. The van der Waals surface area contributed by atoms with Crippen molar-refractivity contribution in [2.24, 2.45) is 0 Å². The maximum atomic E-state index is 13.2. The number of carbonyl (C=O) groups excluding carboxylic acids is 1. The minimum absolute atomic E-state index is 0.0301. The highest BCUT2D eigenvalue weighted by Crippen LogP contribution is 2.17. The van der Waals surface area contributed by atoms with Gasteiger partial charge in [0.2, 0.25) is 0 Å². The summed E-state index contributed by atoms with van der Waals surface area (Å²) in [5.41, 5.74) is 1.35. The normalized spacial score (nSPS) is 11.0. The first-order valence-electron chi connectivity index (χ1n) is 7.99. The fraction of sp³-hybridized carbons (Fsp3) is 0.0526. The van der Waals surface area contributed by atoms with E-state index in [1.54, 1.807) is 24.5 Å². The Morgan fingerprint density at radius 1 is 1.00 bits per heavy atom. The van der Waals surface area contributed by atoms with Gasteiger partial charge in [0.15, 0.2) is 0 Å². The standard InChI is InChI=1S/C19H16FN3O3S/c20-16-2-1-3-17(12-16)23-27(25,26)18-6-4-15(5-7-18)19(24)22-13-14-8-10-21-11-9-14/h1-12,23H,13H2,(H,22,24). The van der Waals surface area contributed by atoms with Crippen LogP contribution in [0.25, 0.3) is 0 Å². The number of aromatic nitrogens is 1. The van der Waals surface area contributed by atoms with E-state index in [1.165, 1.54) is 42.5 Å². The largest absolute Gasteiger partial charge is 0.348 e. The Bertz CT molecular complexity index is 1040. The summed E-state index contributed by atoms with van der Waals surface area (Å²) in [7, 11) is -3.88. The summed E-state index contributed by atoms with van der Waals surface area (Å²) in [5.74, 6) is -0.870. The SMILES string of the molecule is O=C(NCc1ccncc1)c1ccc(S(=O)(=O)Nc2cccc(F)c2)cc1. The zero-order valence-corrected chi connectivity index (χ0v) is 14.9. The zero-order valence-electron chi connectivity index (χ0n) is 14.1. The van der Waals surface area contributed by atoms with Crippen LogP contribution >= 0.6 is 0 Å². The molecule has 0 spiro atoms. The van der Waals surface area contributed by atoms with Gasteiger partial charge in [0.1, 0.15) is 5.82 Å². The summed E-state index contributed by atoms with van der Waals surface area (Å²) in [6, 6.07) is 14.2. The van der Waals surface area contributed by atoms with Crippen molar-refractivity contribution in [3.05, 3.63) is 90.0 Å². The number of anilines is 1. The maximum Gasteiger partial charge on any atom is 0.261 e. The van der Waals surface area contributed by atoms with E-state index in [0.717, 1.165) is 11.6 Å². The Balaban J connectivity index is 1.67. The fourth-order valence-electron chi connectivity index (χ4n) is 2.34. The molecule has 0 aliphatic rings. The third-order valence-corrected chi connectivity index (χ3v) is 5.10. The lowest BCUT2D eigenvalue weighted by atomic mass is 10.2. The molecule has 0 unspecified atom stereocenters. The third kappa shape index (κ3) is 4.89. The molecule has 0 bridgehead atoms. The van der Waals surface area contributed by atoms with Crippen LogP contribution in [0.1, 0.15) is 15.9 Å². The van der Waals surface area contributed by atoms with E-state index in [9.17, 15) is 17.6 Å². The molecule has 27 heavy (non-hydrogen) atoms. The molecule has 0 saturated heterocycles. The number of sulfonamides is 1. The van der Waals surface area contributed by atoms with Crippen LogP contribution in [0.4, 0.5) is 10.1 Å². The Morgan fingerprint density at radius 3 is 2.37 bits per heavy atom. The molecule has 0 radical (unpaired) electrons. The quantitative estimate of drug-likeness (QED) is 0.683. The summed E-state index contributed by atoms with van der Waals surface area (Å²) in [4.78, 5) is 16.0. The third-order valence-electron chi connectivity index (χ3n) is 3.71. The minimum atomic E-state index is -3.88. The van der Waals surface area contributed by atoms with Crippen molar-refractivity contribution in [1.82, 2.24) is 10.3 Å². The van der Waals surface area contributed by atoms with Crippen LogP contribution in [0.15, 0.2) is 78.0 Å². The van der Waals surface area contributed by atoms with E-state index in [-0.39, 0.29) is 16.5 Å². The second-order valence-corrected chi connectivity index (χ2v) is 7.36. The first kappa shape index (κ1) is 18.5. The lowest BCUT2D eigenvalue weighted by Crippen LogP contribution is -2.23. The van der Waals surface area contributed by atoms with E-state index in [4.69, 9.17) is 0 Å². The molecule has 3 aromatic rings. The van der Waals surface area contributed by atoms with Gasteiger partial charge in [-0.1, -0.05) is 6.07 Å². The van der Waals surface area contributed by atoms with Crippen LogP contribution in [-0.2, 0) is 16.6 Å². The topological polar surface area (TPSA) is 88.2 Å². The fourth-order valence-corrected chi connectivity index (χ4v) is 3.39. The molecule has 0 aliphatic heterocycles. The number of pyridine rings is 1. The van der Waals surface area contributed by atoms with E-state index in [0.29, 0.717) is 12.1 Å². The average molecular weight is 385 g/mol. The van der Waals surface area contributed by atoms with Gasteiger partial charge >= 0.3 is 0 Å². The highest BCUT2D eigenvalue weighted by atomic mass is 32.2. The van der Waals surface area contributed by atoms with Gasteiger partial charge in [-0.2, -0.15) is 0 Å². The highest BCUT2D eigenvalue weighted by molar-refractivity contribution is 7.92. The van der Waals surface area contributed by atoms with Gasteiger partial charge in [-0.05, 0) is 60.2 Å². The molecular formula is C19H16FN3O3S. The van der Waals surface area contributed by atoms with Crippen LogP contribution < -0.4 is 10.0 Å². The van der Waals surface area contributed by atoms with E-state index in [1.807, 2.05) is 0 Å². The molecule has 0 saturated carbocycles. The van der Waals surface area contributed by atoms with Crippen molar-refractivity contribution in [2.45, 2.75) is 11.4 Å². The van der Waals surface area contributed by atoms with Crippen molar-refractivity contribution in [3.8, 4) is 0 Å². The van der Waals surface area contributed by atoms with E-state index < -0.39 is 15.8 Å². The number of hydrogen-bond acceptors (Lipinski definition) is 4. The molecule has 0 fully saturated rings. The predicted molar refractivity (Wildman–Crippen MR) is 99.1 cm³/mol. The lowest BCUT2D eigenvalue weighted by Gasteiger charge is -2.09. The Hall–Kier alpha value is -3.26. The Labute approximate surface area is 156 Å². The number of nitrogens with zero attached hydrogens (tertiary/aromatic N) is 1. The van der Waals surface area contributed by atoms with Crippen molar-refractivity contribution >= 4 is 21.6 Å². The smallest absolute Gasteiger partial charge is 0.261 e. The molecule has 2 N–H and O–H groups in total. The number of hydrogen-bond donors (Lipinski definition) is 2. The van der Waals surface area contributed by atoms with Crippen LogP contribution in [0, 0.1) is 5.82 Å². The second kappa shape index (κ2) is 7.96. The number of benzene rings is 2. The molecule has 1 aromatic heterocycles. The zero-order chi connectivity index (χ0) is 19.3. The second-order valence-electron chi connectivity index (χ2n) is 5.68. The number of carbonyl (C=O) groups is 1.